The number of aryl methyl sites for hydroxylation is 1. The Morgan fingerprint density at radius 2 is 2.17 bits per heavy atom. The van der Waals surface area contributed by atoms with E-state index < -0.39 is 0 Å². The molecule has 2 heterocycles. The maximum Gasteiger partial charge on any atom is 0.291 e. The Bertz CT molecular complexity index is 664. The monoisotopic (exact) mass is 336 g/mol. The van der Waals surface area contributed by atoms with Crippen molar-refractivity contribution in [2.24, 2.45) is 5.92 Å². The second-order valence-corrected chi connectivity index (χ2v) is 6.43. The second-order valence-electron chi connectivity index (χ2n) is 5.38. The van der Waals surface area contributed by atoms with Gasteiger partial charge in [-0.2, -0.15) is 0 Å². The van der Waals surface area contributed by atoms with Crippen molar-refractivity contribution in [1.82, 2.24) is 5.32 Å². The first-order valence-corrected chi connectivity index (χ1v) is 8.17. The van der Waals surface area contributed by atoms with Gasteiger partial charge in [-0.3, -0.25) is 9.59 Å². The summed E-state index contributed by atoms with van der Waals surface area (Å²) in [5.41, 5.74) is 0.803. The number of hydrogen-bond acceptors (Lipinski definition) is 5. The summed E-state index contributed by atoms with van der Waals surface area (Å²) in [7, 11) is 0. The van der Waals surface area contributed by atoms with E-state index in [0.29, 0.717) is 22.8 Å². The van der Waals surface area contributed by atoms with Gasteiger partial charge in [0, 0.05) is 13.2 Å². The smallest absolute Gasteiger partial charge is 0.291 e. The SMILES string of the molecule is Cc1cc(NC(=O)c2ccco2)sc1C(=O)NCC(C)CCO. The molecule has 2 aromatic rings. The molecule has 2 rings (SSSR count). The Morgan fingerprint density at radius 3 is 2.83 bits per heavy atom. The Hall–Kier alpha value is -2.12. The summed E-state index contributed by atoms with van der Waals surface area (Å²) in [6.45, 7) is 4.40. The minimum absolute atomic E-state index is 0.109. The van der Waals surface area contributed by atoms with Crippen molar-refractivity contribution in [1.29, 1.82) is 0 Å². The standard InChI is InChI=1S/C16H20N2O4S/c1-10(5-6-19)9-17-16(21)14-11(2)8-13(23-14)18-15(20)12-4-3-7-22-12/h3-4,7-8,10,19H,5-6,9H2,1-2H3,(H,17,21)(H,18,20). The van der Waals surface area contributed by atoms with Gasteiger partial charge in [-0.05, 0) is 43.0 Å². The number of thiophene rings is 1. The van der Waals surface area contributed by atoms with E-state index in [-0.39, 0.29) is 30.1 Å². The van der Waals surface area contributed by atoms with Gasteiger partial charge in [0.25, 0.3) is 11.8 Å². The highest BCUT2D eigenvalue weighted by Gasteiger charge is 2.16. The summed E-state index contributed by atoms with van der Waals surface area (Å²) in [6, 6.07) is 4.98. The third-order valence-corrected chi connectivity index (χ3v) is 4.49. The highest BCUT2D eigenvalue weighted by Crippen LogP contribution is 2.27. The highest BCUT2D eigenvalue weighted by atomic mass is 32.1. The van der Waals surface area contributed by atoms with Crippen molar-refractivity contribution in [2.75, 3.05) is 18.5 Å². The van der Waals surface area contributed by atoms with E-state index in [1.165, 1.54) is 17.6 Å². The largest absolute Gasteiger partial charge is 0.459 e. The maximum absolute atomic E-state index is 12.2. The maximum atomic E-state index is 12.2. The molecule has 2 amide bonds. The first kappa shape index (κ1) is 17.2. The third-order valence-electron chi connectivity index (χ3n) is 3.34. The molecule has 0 aliphatic carbocycles. The lowest BCUT2D eigenvalue weighted by Crippen LogP contribution is -2.28. The summed E-state index contributed by atoms with van der Waals surface area (Å²) in [5.74, 6) is -0.0854. The lowest BCUT2D eigenvalue weighted by molar-refractivity contribution is 0.0947. The molecule has 0 aromatic carbocycles. The molecule has 0 saturated carbocycles. The summed E-state index contributed by atoms with van der Waals surface area (Å²) < 4.78 is 5.03. The van der Waals surface area contributed by atoms with Crippen LogP contribution in [0.3, 0.4) is 0 Å². The normalized spacial score (nSPS) is 12.0. The van der Waals surface area contributed by atoms with E-state index in [4.69, 9.17) is 9.52 Å². The molecule has 23 heavy (non-hydrogen) atoms. The number of furan rings is 1. The van der Waals surface area contributed by atoms with Crippen LogP contribution in [-0.4, -0.2) is 30.1 Å². The van der Waals surface area contributed by atoms with Gasteiger partial charge in [-0.25, -0.2) is 0 Å². The second kappa shape index (κ2) is 7.94. The molecule has 0 saturated heterocycles. The van der Waals surface area contributed by atoms with Gasteiger partial charge in [-0.15, -0.1) is 11.3 Å². The van der Waals surface area contributed by atoms with Crippen LogP contribution in [0.25, 0.3) is 0 Å². The van der Waals surface area contributed by atoms with E-state index in [1.54, 1.807) is 18.2 Å². The number of carbonyl (C=O) groups is 2. The Balaban J connectivity index is 1.97. The first-order chi connectivity index (χ1) is 11.0. The van der Waals surface area contributed by atoms with Crippen molar-refractivity contribution in [2.45, 2.75) is 20.3 Å². The van der Waals surface area contributed by atoms with E-state index in [9.17, 15) is 9.59 Å². The van der Waals surface area contributed by atoms with Crippen molar-refractivity contribution in [3.8, 4) is 0 Å². The van der Waals surface area contributed by atoms with Crippen molar-refractivity contribution < 1.29 is 19.1 Å². The van der Waals surface area contributed by atoms with Crippen LogP contribution in [0.2, 0.25) is 0 Å². The summed E-state index contributed by atoms with van der Waals surface area (Å²) in [5, 5.41) is 15.0. The summed E-state index contributed by atoms with van der Waals surface area (Å²) >= 11 is 1.22. The predicted molar refractivity (Wildman–Crippen MR) is 88.9 cm³/mol. The van der Waals surface area contributed by atoms with Crippen LogP contribution in [0.15, 0.2) is 28.9 Å². The van der Waals surface area contributed by atoms with Crippen LogP contribution in [0, 0.1) is 12.8 Å². The molecule has 1 atom stereocenters. The molecule has 0 aliphatic heterocycles. The molecule has 2 aromatic heterocycles. The molecule has 0 radical (unpaired) electrons. The van der Waals surface area contributed by atoms with Crippen LogP contribution in [0.1, 0.15) is 39.1 Å². The van der Waals surface area contributed by atoms with E-state index in [1.807, 2.05) is 13.8 Å². The molecule has 7 heteroatoms. The molecule has 0 bridgehead atoms. The predicted octanol–water partition coefficient (Wildman–Crippen LogP) is 2.65. The minimum Gasteiger partial charge on any atom is -0.459 e. The molecule has 0 spiro atoms. The Morgan fingerprint density at radius 1 is 1.39 bits per heavy atom. The molecule has 0 aliphatic rings. The molecular formula is C16H20N2O4S. The zero-order chi connectivity index (χ0) is 16.8. The zero-order valence-corrected chi connectivity index (χ0v) is 13.9. The number of carbonyl (C=O) groups excluding carboxylic acids is 2. The Kier molecular flexibility index (Phi) is 5.95. The van der Waals surface area contributed by atoms with Gasteiger partial charge >= 0.3 is 0 Å². The fraction of sp³-hybridized carbons (Fsp3) is 0.375. The van der Waals surface area contributed by atoms with Gasteiger partial charge in [0.05, 0.1) is 16.1 Å². The average molecular weight is 336 g/mol. The molecular weight excluding hydrogens is 316 g/mol. The zero-order valence-electron chi connectivity index (χ0n) is 13.1. The third kappa shape index (κ3) is 4.67. The number of nitrogens with one attached hydrogen (secondary N) is 2. The average Bonchev–Trinajstić information content (AvgIpc) is 3.15. The van der Waals surface area contributed by atoms with E-state index in [0.717, 1.165) is 5.56 Å². The summed E-state index contributed by atoms with van der Waals surface area (Å²) in [6.07, 6.45) is 2.08. The highest BCUT2D eigenvalue weighted by molar-refractivity contribution is 7.18. The number of anilines is 1. The molecule has 0 fully saturated rings. The lowest BCUT2D eigenvalue weighted by Gasteiger charge is -2.10. The van der Waals surface area contributed by atoms with Gasteiger partial charge in [0.2, 0.25) is 0 Å². The molecule has 124 valence electrons. The molecule has 1 unspecified atom stereocenters. The quantitative estimate of drug-likeness (QED) is 0.725. The lowest BCUT2D eigenvalue weighted by atomic mass is 10.1. The van der Waals surface area contributed by atoms with E-state index in [2.05, 4.69) is 10.6 Å². The first-order valence-electron chi connectivity index (χ1n) is 7.35. The van der Waals surface area contributed by atoms with Crippen LogP contribution < -0.4 is 10.6 Å². The number of aliphatic hydroxyl groups excluding tert-OH is 1. The van der Waals surface area contributed by atoms with Crippen molar-refractivity contribution in [3.63, 3.8) is 0 Å². The van der Waals surface area contributed by atoms with Gasteiger partial charge in [0.1, 0.15) is 0 Å². The van der Waals surface area contributed by atoms with Gasteiger partial charge in [0.15, 0.2) is 5.76 Å². The van der Waals surface area contributed by atoms with Crippen molar-refractivity contribution in [3.05, 3.63) is 40.7 Å². The van der Waals surface area contributed by atoms with Crippen LogP contribution in [-0.2, 0) is 0 Å². The van der Waals surface area contributed by atoms with Crippen LogP contribution in [0.4, 0.5) is 5.00 Å². The minimum atomic E-state index is -0.347. The number of aliphatic hydroxyl groups is 1. The van der Waals surface area contributed by atoms with Crippen LogP contribution in [0.5, 0.6) is 0 Å². The molecule has 6 nitrogen and oxygen atoms in total. The van der Waals surface area contributed by atoms with Crippen LogP contribution >= 0.6 is 11.3 Å². The number of rotatable bonds is 7. The van der Waals surface area contributed by atoms with Gasteiger partial charge < -0.3 is 20.2 Å². The summed E-state index contributed by atoms with van der Waals surface area (Å²) in [4.78, 5) is 24.7. The van der Waals surface area contributed by atoms with E-state index >= 15 is 0 Å². The fourth-order valence-electron chi connectivity index (χ4n) is 2.02. The Labute approximate surface area is 138 Å². The number of amides is 2. The van der Waals surface area contributed by atoms with Gasteiger partial charge in [-0.1, -0.05) is 6.92 Å². The molecule has 3 N–H and O–H groups in total. The topological polar surface area (TPSA) is 91.6 Å². The fourth-order valence-corrected chi connectivity index (χ4v) is 3.00. The van der Waals surface area contributed by atoms with Crippen molar-refractivity contribution >= 4 is 28.2 Å². The number of hydrogen-bond donors (Lipinski definition) is 3.